The van der Waals surface area contributed by atoms with E-state index in [-0.39, 0.29) is 18.1 Å². The van der Waals surface area contributed by atoms with Gasteiger partial charge >= 0.3 is 0 Å². The van der Waals surface area contributed by atoms with Crippen LogP contribution in [0, 0.1) is 6.92 Å². The zero-order valence-electron chi connectivity index (χ0n) is 25.0. The quantitative estimate of drug-likeness (QED) is 0.172. The van der Waals surface area contributed by atoms with Gasteiger partial charge in [-0.05, 0) is 61.4 Å². The number of thiazole rings is 1. The lowest BCUT2D eigenvalue weighted by molar-refractivity contribution is -0.670. The van der Waals surface area contributed by atoms with Gasteiger partial charge in [0.05, 0.1) is 42.5 Å². The number of ether oxygens (including phenoxy) is 2. The summed E-state index contributed by atoms with van der Waals surface area (Å²) in [6.07, 6.45) is 5.25. The summed E-state index contributed by atoms with van der Waals surface area (Å²) in [7, 11) is -0.942. The molecule has 0 saturated heterocycles. The van der Waals surface area contributed by atoms with Gasteiger partial charge in [-0.25, -0.2) is 8.42 Å². The first-order valence-corrected chi connectivity index (χ1v) is 17.0. The van der Waals surface area contributed by atoms with Crippen LogP contribution in [0.2, 0.25) is 0 Å². The molecule has 0 unspecified atom stereocenters. The first-order valence-electron chi connectivity index (χ1n) is 13.9. The molecule has 4 aromatic rings. The molecule has 0 bridgehead atoms. The minimum atomic E-state index is -4.27. The largest absolute Gasteiger partial charge is 0.744 e. The number of fused-ring (bicyclic) bond motifs is 2. The Morgan fingerprint density at radius 1 is 1.00 bits per heavy atom. The average Bonchev–Trinajstić information content (AvgIpc) is 3.53. The topological polar surface area (TPSA) is 123 Å². The second-order valence-electron chi connectivity index (χ2n) is 9.78. The second-order valence-corrected chi connectivity index (χ2v) is 13.3. The molecule has 0 fully saturated rings. The number of rotatable bonds is 10. The molecule has 5 rings (SSSR count). The number of hydrogen-bond acceptors (Lipinski definition) is 10. The van der Waals surface area contributed by atoms with Crippen molar-refractivity contribution in [3.63, 3.8) is 0 Å². The maximum absolute atomic E-state index is 10.4. The highest BCUT2D eigenvalue weighted by molar-refractivity contribution is 8.03. The summed E-state index contributed by atoms with van der Waals surface area (Å²) in [5.41, 5.74) is 4.21. The van der Waals surface area contributed by atoms with Crippen molar-refractivity contribution in [3.05, 3.63) is 87.9 Å². The lowest BCUT2D eigenvalue weighted by atomic mass is 10.2. The molecule has 9 nitrogen and oxygen atoms in total. The van der Waals surface area contributed by atoms with Crippen molar-refractivity contribution < 1.29 is 37.2 Å². The molecule has 0 saturated carbocycles. The molecule has 0 radical (unpaired) electrons. The molecule has 0 amide bonds. The SMILES string of the molecule is CCC(=Cc1sc2ccc(OC)cc2[n+]1CCO)C=C1Sc2ccc(OC)cc2N1CCO.Cc1ccc(S(=O)(=O)[O-])cc1. The van der Waals surface area contributed by atoms with Gasteiger partial charge in [0.2, 0.25) is 5.52 Å². The summed E-state index contributed by atoms with van der Waals surface area (Å²) in [5.74, 6) is 1.60. The van der Waals surface area contributed by atoms with Crippen molar-refractivity contribution in [2.45, 2.75) is 36.6 Å². The third kappa shape index (κ3) is 8.00. The monoisotopic (exact) mass is 656 g/mol. The van der Waals surface area contributed by atoms with E-state index in [9.17, 15) is 23.2 Å². The predicted octanol–water partition coefficient (Wildman–Crippen LogP) is 5.34. The van der Waals surface area contributed by atoms with Crippen LogP contribution in [0.3, 0.4) is 0 Å². The van der Waals surface area contributed by atoms with Crippen molar-refractivity contribution in [1.82, 2.24) is 0 Å². The van der Waals surface area contributed by atoms with Crippen molar-refractivity contribution in [2.75, 3.05) is 38.9 Å². The van der Waals surface area contributed by atoms with E-state index in [0.717, 1.165) is 54.3 Å². The predicted molar refractivity (Wildman–Crippen MR) is 174 cm³/mol. The van der Waals surface area contributed by atoms with Gasteiger partial charge in [-0.1, -0.05) is 47.7 Å². The molecule has 0 atom stereocenters. The molecule has 1 aromatic heterocycles. The Morgan fingerprint density at radius 2 is 1.68 bits per heavy atom. The Balaban J connectivity index is 0.000000339. The van der Waals surface area contributed by atoms with Crippen LogP contribution in [0.1, 0.15) is 23.9 Å². The van der Waals surface area contributed by atoms with Gasteiger partial charge in [0, 0.05) is 23.6 Å². The molecule has 1 aliphatic rings. The van der Waals surface area contributed by atoms with Crippen LogP contribution in [-0.4, -0.2) is 57.2 Å². The van der Waals surface area contributed by atoms with Crippen LogP contribution >= 0.6 is 23.1 Å². The first kappa shape index (κ1) is 33.5. The number of anilines is 1. The molecule has 12 heteroatoms. The Kier molecular flexibility index (Phi) is 11.5. The molecule has 2 heterocycles. The van der Waals surface area contributed by atoms with Crippen molar-refractivity contribution in [1.29, 1.82) is 0 Å². The summed E-state index contributed by atoms with van der Waals surface area (Å²) in [4.78, 5) is 3.11. The second kappa shape index (κ2) is 15.1. The Labute approximate surface area is 266 Å². The smallest absolute Gasteiger partial charge is 0.263 e. The van der Waals surface area contributed by atoms with E-state index in [1.54, 1.807) is 49.5 Å². The number of benzene rings is 3. The minimum absolute atomic E-state index is 0.0639. The van der Waals surface area contributed by atoms with E-state index in [1.807, 2.05) is 31.2 Å². The molecular formula is C32H36N2O7S3. The fourth-order valence-electron chi connectivity index (χ4n) is 4.56. The molecule has 234 valence electrons. The van der Waals surface area contributed by atoms with Gasteiger partial charge in [-0.2, -0.15) is 4.57 Å². The van der Waals surface area contributed by atoms with Gasteiger partial charge in [0.15, 0.2) is 6.54 Å². The number of nitrogens with zero attached hydrogens (tertiary/aromatic N) is 2. The van der Waals surface area contributed by atoms with E-state index in [0.29, 0.717) is 13.1 Å². The van der Waals surface area contributed by atoms with Crippen molar-refractivity contribution in [3.8, 4) is 11.5 Å². The molecular weight excluding hydrogens is 621 g/mol. The zero-order valence-corrected chi connectivity index (χ0v) is 27.5. The highest BCUT2D eigenvalue weighted by atomic mass is 32.2. The summed E-state index contributed by atoms with van der Waals surface area (Å²) in [6, 6.07) is 17.9. The van der Waals surface area contributed by atoms with Crippen LogP contribution in [0.25, 0.3) is 16.3 Å². The fourth-order valence-corrected chi connectivity index (χ4v) is 7.32. The number of methoxy groups -OCH3 is 2. The van der Waals surface area contributed by atoms with Crippen LogP contribution < -0.4 is 18.9 Å². The van der Waals surface area contributed by atoms with Crippen LogP contribution in [0.4, 0.5) is 5.69 Å². The van der Waals surface area contributed by atoms with Crippen LogP contribution in [-0.2, 0) is 16.7 Å². The lowest BCUT2D eigenvalue weighted by Crippen LogP contribution is -2.36. The van der Waals surface area contributed by atoms with E-state index >= 15 is 0 Å². The highest BCUT2D eigenvalue weighted by Crippen LogP contribution is 2.47. The summed E-state index contributed by atoms with van der Waals surface area (Å²) < 4.78 is 45.3. The molecule has 0 spiro atoms. The molecule has 1 aliphatic heterocycles. The van der Waals surface area contributed by atoms with Gasteiger partial charge in [0.1, 0.15) is 32.9 Å². The Morgan fingerprint density at radius 3 is 2.30 bits per heavy atom. The molecule has 3 aromatic carbocycles. The number of hydrogen-bond donors (Lipinski definition) is 2. The number of aliphatic hydroxyl groups is 2. The normalized spacial score (nSPS) is 14.0. The van der Waals surface area contributed by atoms with Gasteiger partial charge in [0.25, 0.3) is 5.01 Å². The Bertz CT molecular complexity index is 1760. The van der Waals surface area contributed by atoms with Crippen molar-refractivity contribution in [2.24, 2.45) is 0 Å². The van der Waals surface area contributed by atoms with Gasteiger partial charge < -0.3 is 29.1 Å². The minimum Gasteiger partial charge on any atom is -0.744 e. The van der Waals surface area contributed by atoms with E-state index in [2.05, 4.69) is 40.7 Å². The maximum atomic E-state index is 10.4. The third-order valence-corrected chi connectivity index (χ3v) is 9.93. The zero-order chi connectivity index (χ0) is 31.9. The molecule has 44 heavy (non-hydrogen) atoms. The number of thioether (sulfide) groups is 1. The maximum Gasteiger partial charge on any atom is 0.263 e. The number of β-amino-alcohol motifs (C(OH)–C–C–N with tert-alkyl or cyclic N) is 1. The number of aryl methyl sites for hydroxylation is 1. The number of allylic oxidation sites excluding steroid dienone is 2. The van der Waals surface area contributed by atoms with Crippen molar-refractivity contribution >= 4 is 55.2 Å². The number of aromatic nitrogens is 1. The summed E-state index contributed by atoms with van der Waals surface area (Å²) in [6.45, 7) is 5.12. The molecule has 2 N–H and O–H groups in total. The molecule has 0 aliphatic carbocycles. The van der Waals surface area contributed by atoms with E-state index in [1.165, 1.54) is 17.7 Å². The van der Waals surface area contributed by atoms with E-state index in [4.69, 9.17) is 9.47 Å². The fraction of sp³-hybridized carbons (Fsp3) is 0.281. The lowest BCUT2D eigenvalue weighted by Gasteiger charge is -2.20. The van der Waals surface area contributed by atoms with Crippen LogP contribution in [0.5, 0.6) is 11.5 Å². The van der Waals surface area contributed by atoms with Crippen LogP contribution in [0.15, 0.2) is 87.1 Å². The standard InChI is InChI=1S/C25H29N2O4S2.C7H8O3S/c1-4-17(13-24-26(9-11-28)20-15-18(30-2)5-7-22(20)32-24)14-25-27(10-12-29)21-16-19(31-3)6-8-23(21)33-25;1-6-2-4-7(5-3-6)11(8,9)10/h5-8,13-16,28-29H,4,9-12H2,1-3H3;2-5H,1H3,(H,8,9,10)/q+1;/p-1. The summed E-state index contributed by atoms with van der Waals surface area (Å²) in [5, 5.41) is 21.5. The van der Waals surface area contributed by atoms with Gasteiger partial charge in [-0.3, -0.25) is 0 Å². The van der Waals surface area contributed by atoms with Gasteiger partial charge in [-0.15, -0.1) is 0 Å². The first-order chi connectivity index (χ1) is 21.1. The number of aliphatic hydroxyl groups excluding tert-OH is 2. The third-order valence-electron chi connectivity index (χ3n) is 6.86. The Hall–Kier alpha value is -3.39. The van der Waals surface area contributed by atoms with E-state index < -0.39 is 10.1 Å². The summed E-state index contributed by atoms with van der Waals surface area (Å²) >= 11 is 3.40. The highest BCUT2D eigenvalue weighted by Gasteiger charge is 2.26. The average molecular weight is 657 g/mol.